The van der Waals surface area contributed by atoms with Gasteiger partial charge >= 0.3 is 5.97 Å². The number of rotatable bonds is 4. The van der Waals surface area contributed by atoms with E-state index in [1.807, 2.05) is 0 Å². The number of thiocarbonyl (C=S) groups is 1. The molecule has 1 aromatic carbocycles. The summed E-state index contributed by atoms with van der Waals surface area (Å²) in [6.45, 7) is -0.160. The van der Waals surface area contributed by atoms with Gasteiger partial charge in [-0.05, 0) is 49.5 Å². The van der Waals surface area contributed by atoms with E-state index in [1.54, 1.807) is 24.3 Å². The summed E-state index contributed by atoms with van der Waals surface area (Å²) in [4.78, 5) is 26.5. The maximum Gasteiger partial charge on any atom is 0.326 e. The van der Waals surface area contributed by atoms with E-state index in [1.165, 1.54) is 11.3 Å². The number of halogens is 2. The highest BCUT2D eigenvalue weighted by Gasteiger charge is 2.34. The number of nitrogens with zero attached hydrogens (tertiary/aromatic N) is 1. The Morgan fingerprint density at radius 1 is 1.31 bits per heavy atom. The zero-order valence-electron chi connectivity index (χ0n) is 13.9. The Morgan fingerprint density at radius 2 is 2.04 bits per heavy atom. The van der Waals surface area contributed by atoms with Gasteiger partial charge in [0.25, 0.3) is 5.91 Å². The minimum Gasteiger partial charge on any atom is -0.461 e. The van der Waals surface area contributed by atoms with Gasteiger partial charge in [-0.2, -0.15) is 0 Å². The number of ether oxygens (including phenoxy) is 1. The second-order valence-corrected chi connectivity index (χ2v) is 8.70. The van der Waals surface area contributed by atoms with Gasteiger partial charge in [0.1, 0.15) is 17.0 Å². The number of benzene rings is 1. The van der Waals surface area contributed by atoms with E-state index in [0.717, 1.165) is 37.4 Å². The third kappa shape index (κ3) is 4.80. The standard InChI is InChI=1S/C18H17Cl2NO3S2/c19-12-7-6-11(14(20)9-12)8-15-17(23)21(18(25)26-15)10-16(22)24-13-4-2-1-3-5-13/h6-9,13H,1-5,10H2/b15-8-. The van der Waals surface area contributed by atoms with Crippen LogP contribution in [-0.4, -0.2) is 33.7 Å². The number of thioether (sulfide) groups is 1. The van der Waals surface area contributed by atoms with Crippen molar-refractivity contribution in [3.63, 3.8) is 0 Å². The molecule has 4 nitrogen and oxygen atoms in total. The van der Waals surface area contributed by atoms with Crippen molar-refractivity contribution in [1.82, 2.24) is 4.90 Å². The van der Waals surface area contributed by atoms with Crippen molar-refractivity contribution >= 4 is 69.5 Å². The molecule has 0 radical (unpaired) electrons. The molecule has 0 unspecified atom stereocenters. The Morgan fingerprint density at radius 3 is 2.73 bits per heavy atom. The lowest BCUT2D eigenvalue weighted by Crippen LogP contribution is -2.36. The van der Waals surface area contributed by atoms with Crippen LogP contribution in [-0.2, 0) is 14.3 Å². The third-order valence-electron chi connectivity index (χ3n) is 4.26. The lowest BCUT2D eigenvalue weighted by Gasteiger charge is -2.23. The SMILES string of the molecule is O=C(CN1C(=O)/C(=C/c2ccc(Cl)cc2Cl)SC1=S)OC1CCCCC1. The molecule has 1 saturated heterocycles. The lowest BCUT2D eigenvalue weighted by atomic mass is 9.98. The Hall–Kier alpha value is -1.08. The molecule has 1 heterocycles. The molecular formula is C18H17Cl2NO3S2. The number of carbonyl (C=O) groups is 2. The summed E-state index contributed by atoms with van der Waals surface area (Å²) in [5, 5.41) is 0.963. The van der Waals surface area contributed by atoms with Crippen molar-refractivity contribution in [2.24, 2.45) is 0 Å². The van der Waals surface area contributed by atoms with Gasteiger partial charge in [0.15, 0.2) is 0 Å². The van der Waals surface area contributed by atoms with Crippen molar-refractivity contribution in [2.75, 3.05) is 6.54 Å². The van der Waals surface area contributed by atoms with Crippen LogP contribution >= 0.6 is 47.2 Å². The first-order chi connectivity index (χ1) is 12.4. The summed E-state index contributed by atoms with van der Waals surface area (Å²) in [6.07, 6.45) is 6.72. The molecule has 0 N–H and O–H groups in total. The Labute approximate surface area is 171 Å². The van der Waals surface area contributed by atoms with Gasteiger partial charge in [0.2, 0.25) is 0 Å². The second-order valence-electron chi connectivity index (χ2n) is 6.18. The zero-order chi connectivity index (χ0) is 18.7. The first-order valence-electron chi connectivity index (χ1n) is 8.34. The van der Waals surface area contributed by atoms with Crippen molar-refractivity contribution in [3.8, 4) is 0 Å². The van der Waals surface area contributed by atoms with E-state index < -0.39 is 5.97 Å². The summed E-state index contributed by atoms with van der Waals surface area (Å²) in [7, 11) is 0. The molecule has 1 saturated carbocycles. The molecule has 1 aliphatic heterocycles. The van der Waals surface area contributed by atoms with Crippen molar-refractivity contribution < 1.29 is 14.3 Å². The minimum absolute atomic E-state index is 0.0435. The quantitative estimate of drug-likeness (QED) is 0.379. The van der Waals surface area contributed by atoms with Gasteiger partial charge in [-0.25, -0.2) is 0 Å². The van der Waals surface area contributed by atoms with Crippen LogP contribution in [0.2, 0.25) is 10.0 Å². The van der Waals surface area contributed by atoms with E-state index in [2.05, 4.69) is 0 Å². The van der Waals surface area contributed by atoms with E-state index in [4.69, 9.17) is 40.2 Å². The lowest BCUT2D eigenvalue weighted by molar-refractivity contribution is -0.152. The van der Waals surface area contributed by atoms with Crippen LogP contribution in [0.3, 0.4) is 0 Å². The molecule has 0 aromatic heterocycles. The van der Waals surface area contributed by atoms with E-state index in [0.29, 0.717) is 24.8 Å². The molecule has 26 heavy (non-hydrogen) atoms. The number of amides is 1. The molecule has 1 aromatic rings. The predicted octanol–water partition coefficient (Wildman–Crippen LogP) is 5.07. The highest BCUT2D eigenvalue weighted by atomic mass is 35.5. The monoisotopic (exact) mass is 429 g/mol. The summed E-state index contributed by atoms with van der Waals surface area (Å²) in [5.41, 5.74) is 0.668. The predicted molar refractivity (Wildman–Crippen MR) is 109 cm³/mol. The molecule has 138 valence electrons. The zero-order valence-corrected chi connectivity index (χ0v) is 17.0. The van der Waals surface area contributed by atoms with Crippen LogP contribution in [0.25, 0.3) is 6.08 Å². The van der Waals surface area contributed by atoms with Crippen LogP contribution in [0.15, 0.2) is 23.1 Å². The number of hydrogen-bond acceptors (Lipinski definition) is 5. The van der Waals surface area contributed by atoms with E-state index in [9.17, 15) is 9.59 Å². The fourth-order valence-corrected chi connectivity index (χ4v) is 4.64. The summed E-state index contributed by atoms with van der Waals surface area (Å²) >= 11 is 18.4. The Bertz CT molecular complexity index is 776. The summed E-state index contributed by atoms with van der Waals surface area (Å²) < 4.78 is 5.82. The van der Waals surface area contributed by atoms with Gasteiger partial charge in [-0.15, -0.1) is 0 Å². The van der Waals surface area contributed by atoms with Gasteiger partial charge < -0.3 is 4.74 Å². The number of carbonyl (C=O) groups excluding carboxylic acids is 2. The summed E-state index contributed by atoms with van der Waals surface area (Å²) in [6, 6.07) is 5.04. The third-order valence-corrected chi connectivity index (χ3v) is 6.20. The highest BCUT2D eigenvalue weighted by Crippen LogP contribution is 2.34. The van der Waals surface area contributed by atoms with Crippen molar-refractivity contribution in [1.29, 1.82) is 0 Å². The normalized spacial score (nSPS) is 20.1. The first kappa shape index (κ1) is 19.7. The average Bonchev–Trinajstić information content (AvgIpc) is 2.86. The van der Waals surface area contributed by atoms with E-state index in [-0.39, 0.29) is 18.6 Å². The van der Waals surface area contributed by atoms with Crippen molar-refractivity contribution in [2.45, 2.75) is 38.2 Å². The fourth-order valence-electron chi connectivity index (χ4n) is 2.93. The molecule has 0 bridgehead atoms. The molecule has 1 aliphatic carbocycles. The number of esters is 1. The van der Waals surface area contributed by atoms with Crippen LogP contribution in [0.5, 0.6) is 0 Å². The van der Waals surface area contributed by atoms with Crippen LogP contribution < -0.4 is 0 Å². The molecule has 1 amide bonds. The molecule has 2 aliphatic rings. The molecule has 3 rings (SSSR count). The smallest absolute Gasteiger partial charge is 0.326 e. The maximum absolute atomic E-state index is 12.6. The van der Waals surface area contributed by atoms with Crippen LogP contribution in [0, 0.1) is 0 Å². The largest absolute Gasteiger partial charge is 0.461 e. The molecule has 0 spiro atoms. The fraction of sp³-hybridized carbons (Fsp3) is 0.389. The highest BCUT2D eigenvalue weighted by molar-refractivity contribution is 8.26. The van der Waals surface area contributed by atoms with E-state index >= 15 is 0 Å². The van der Waals surface area contributed by atoms with Gasteiger partial charge in [0, 0.05) is 10.0 Å². The second kappa shape index (κ2) is 8.74. The first-order valence-corrected chi connectivity index (χ1v) is 10.3. The van der Waals surface area contributed by atoms with Gasteiger partial charge in [-0.3, -0.25) is 14.5 Å². The molecule has 8 heteroatoms. The maximum atomic E-state index is 12.6. The average molecular weight is 430 g/mol. The Kier molecular flexibility index (Phi) is 6.61. The van der Waals surface area contributed by atoms with Crippen LogP contribution in [0.4, 0.5) is 0 Å². The minimum atomic E-state index is -0.418. The van der Waals surface area contributed by atoms with Gasteiger partial charge in [0.05, 0.1) is 4.91 Å². The van der Waals surface area contributed by atoms with Crippen molar-refractivity contribution in [3.05, 3.63) is 38.7 Å². The Balaban J connectivity index is 1.66. The van der Waals surface area contributed by atoms with Gasteiger partial charge in [-0.1, -0.05) is 59.7 Å². The molecule has 2 fully saturated rings. The number of hydrogen-bond donors (Lipinski definition) is 0. The summed E-state index contributed by atoms with van der Waals surface area (Å²) in [5.74, 6) is -0.731. The molecule has 0 atom stereocenters. The molecular weight excluding hydrogens is 413 g/mol. The topological polar surface area (TPSA) is 46.6 Å². The van der Waals surface area contributed by atoms with Crippen LogP contribution in [0.1, 0.15) is 37.7 Å².